The van der Waals surface area contributed by atoms with E-state index in [1.54, 1.807) is 0 Å². The summed E-state index contributed by atoms with van der Waals surface area (Å²) in [6.07, 6.45) is 4.54. The highest BCUT2D eigenvalue weighted by atomic mass is 16.1. The molecule has 1 aliphatic carbocycles. The summed E-state index contributed by atoms with van der Waals surface area (Å²) in [5.41, 5.74) is 4.92. The van der Waals surface area contributed by atoms with Crippen molar-refractivity contribution in [3.63, 3.8) is 0 Å². The summed E-state index contributed by atoms with van der Waals surface area (Å²) in [6, 6.07) is 7.94. The number of carbonyl (C=O) groups excluding carboxylic acids is 2. The lowest BCUT2D eigenvalue weighted by Crippen LogP contribution is -2.12. The van der Waals surface area contributed by atoms with E-state index in [0.717, 1.165) is 35.2 Å². The molecule has 0 heterocycles. The van der Waals surface area contributed by atoms with Gasteiger partial charge < -0.3 is 5.32 Å². The molecular weight excluding hydrogens is 310 g/mol. The third kappa shape index (κ3) is 5.23. The van der Waals surface area contributed by atoms with E-state index in [9.17, 15) is 9.59 Å². The second-order valence-electron chi connectivity index (χ2n) is 7.09. The lowest BCUT2D eigenvalue weighted by atomic mass is 9.88. The Labute approximate surface area is 151 Å². The van der Waals surface area contributed by atoms with Crippen LogP contribution in [0.3, 0.4) is 0 Å². The number of hydrogen-bond acceptors (Lipinski definition) is 3. The molecule has 3 heteroatoms. The van der Waals surface area contributed by atoms with E-state index in [4.69, 9.17) is 0 Å². The summed E-state index contributed by atoms with van der Waals surface area (Å²) in [4.78, 5) is 24.6. The van der Waals surface area contributed by atoms with Crippen molar-refractivity contribution in [1.82, 2.24) is 5.32 Å². The van der Waals surface area contributed by atoms with Gasteiger partial charge in [-0.1, -0.05) is 42.8 Å². The monoisotopic (exact) mass is 339 g/mol. The minimum atomic E-state index is 0.105. The van der Waals surface area contributed by atoms with Crippen molar-refractivity contribution in [2.45, 2.75) is 52.4 Å². The molecule has 1 atom stereocenters. The van der Waals surface area contributed by atoms with Gasteiger partial charge in [0.15, 0.2) is 11.6 Å². The van der Waals surface area contributed by atoms with Crippen molar-refractivity contribution in [2.24, 2.45) is 0 Å². The summed E-state index contributed by atoms with van der Waals surface area (Å²) in [7, 11) is 1.96. The number of ketones is 2. The average molecular weight is 339 g/mol. The minimum Gasteiger partial charge on any atom is -0.320 e. The van der Waals surface area contributed by atoms with Crippen molar-refractivity contribution in [3.05, 3.63) is 58.2 Å². The number of benzene rings is 1. The molecule has 0 saturated heterocycles. The van der Waals surface area contributed by atoms with Gasteiger partial charge in [-0.3, -0.25) is 9.59 Å². The first-order valence-electron chi connectivity index (χ1n) is 9.10. The molecule has 0 saturated carbocycles. The average Bonchev–Trinajstić information content (AvgIpc) is 2.58. The Morgan fingerprint density at radius 3 is 2.48 bits per heavy atom. The fourth-order valence-electron chi connectivity index (χ4n) is 3.33. The molecule has 0 aliphatic heterocycles. The Morgan fingerprint density at radius 1 is 1.20 bits per heavy atom. The van der Waals surface area contributed by atoms with Crippen LogP contribution in [-0.4, -0.2) is 25.2 Å². The Kier molecular flexibility index (Phi) is 6.89. The molecule has 1 aromatic carbocycles. The van der Waals surface area contributed by atoms with Crippen LogP contribution in [0.1, 0.15) is 68.3 Å². The van der Waals surface area contributed by atoms with Gasteiger partial charge in [0.05, 0.1) is 0 Å². The van der Waals surface area contributed by atoms with E-state index in [-0.39, 0.29) is 11.6 Å². The largest absolute Gasteiger partial charge is 0.320 e. The lowest BCUT2D eigenvalue weighted by Gasteiger charge is -2.15. The zero-order valence-corrected chi connectivity index (χ0v) is 15.8. The van der Waals surface area contributed by atoms with E-state index in [1.165, 1.54) is 5.56 Å². The highest BCUT2D eigenvalue weighted by Crippen LogP contribution is 2.25. The van der Waals surface area contributed by atoms with Gasteiger partial charge in [-0.2, -0.15) is 0 Å². The molecule has 0 radical (unpaired) electrons. The number of rotatable bonds is 8. The van der Waals surface area contributed by atoms with Gasteiger partial charge in [-0.05, 0) is 62.9 Å². The van der Waals surface area contributed by atoms with Crippen molar-refractivity contribution < 1.29 is 9.59 Å². The van der Waals surface area contributed by atoms with Crippen LogP contribution in [0.4, 0.5) is 0 Å². The van der Waals surface area contributed by atoms with Crippen molar-refractivity contribution in [2.75, 3.05) is 13.6 Å². The van der Waals surface area contributed by atoms with Crippen LogP contribution < -0.4 is 5.32 Å². The van der Waals surface area contributed by atoms with Crippen molar-refractivity contribution in [3.8, 4) is 0 Å². The Balaban J connectivity index is 1.97. The van der Waals surface area contributed by atoms with Crippen LogP contribution in [0.5, 0.6) is 0 Å². The first kappa shape index (κ1) is 19.3. The van der Waals surface area contributed by atoms with Crippen LogP contribution in [0.2, 0.25) is 0 Å². The number of hydrogen-bond donors (Lipinski definition) is 1. The van der Waals surface area contributed by atoms with Crippen LogP contribution in [-0.2, 0) is 4.79 Å². The van der Waals surface area contributed by atoms with E-state index in [0.29, 0.717) is 25.2 Å². The summed E-state index contributed by atoms with van der Waals surface area (Å²) < 4.78 is 0. The molecule has 1 unspecified atom stereocenters. The standard InChI is InChI=1S/C22H29NO2/c1-15-13-17(3)20(22(25)14-15)9-10-21(24)19-7-5-18(6-8-19)16(2)11-12-23-4/h5-8,13,16,23H,9-12,14H2,1-4H3. The lowest BCUT2D eigenvalue weighted by molar-refractivity contribution is -0.115. The van der Waals surface area contributed by atoms with Gasteiger partial charge >= 0.3 is 0 Å². The number of nitrogens with one attached hydrogen (secondary N) is 1. The van der Waals surface area contributed by atoms with Gasteiger partial charge in [-0.15, -0.1) is 0 Å². The molecular formula is C22H29NO2. The van der Waals surface area contributed by atoms with Gasteiger partial charge in [0.25, 0.3) is 0 Å². The molecule has 0 spiro atoms. The molecule has 3 nitrogen and oxygen atoms in total. The molecule has 1 N–H and O–H groups in total. The second-order valence-corrected chi connectivity index (χ2v) is 7.09. The Bertz CT molecular complexity index is 695. The maximum atomic E-state index is 12.5. The maximum Gasteiger partial charge on any atom is 0.163 e. The normalized spacial score (nSPS) is 16.0. The van der Waals surface area contributed by atoms with Gasteiger partial charge in [0, 0.05) is 18.4 Å². The zero-order valence-electron chi connectivity index (χ0n) is 15.8. The van der Waals surface area contributed by atoms with Crippen LogP contribution in [0, 0.1) is 0 Å². The van der Waals surface area contributed by atoms with Crippen molar-refractivity contribution in [1.29, 1.82) is 0 Å². The molecule has 0 aromatic heterocycles. The molecule has 1 aliphatic rings. The molecule has 0 amide bonds. The topological polar surface area (TPSA) is 46.2 Å². The van der Waals surface area contributed by atoms with Crippen LogP contribution in [0.15, 0.2) is 47.1 Å². The van der Waals surface area contributed by atoms with E-state index in [1.807, 2.05) is 33.0 Å². The van der Waals surface area contributed by atoms with E-state index >= 15 is 0 Å². The molecule has 1 aromatic rings. The molecule has 25 heavy (non-hydrogen) atoms. The number of allylic oxidation sites excluding steroid dienone is 4. The van der Waals surface area contributed by atoms with Gasteiger partial charge in [0.2, 0.25) is 0 Å². The zero-order chi connectivity index (χ0) is 18.4. The number of carbonyl (C=O) groups is 2. The SMILES string of the molecule is CNCCC(C)c1ccc(C(=O)CCC2=C(C)C=C(C)CC2=O)cc1. The first-order valence-corrected chi connectivity index (χ1v) is 9.10. The number of Topliss-reactive ketones (excluding diaryl/α,β-unsaturated/α-hetero) is 2. The molecule has 134 valence electrons. The van der Waals surface area contributed by atoms with Gasteiger partial charge in [0.1, 0.15) is 0 Å². The van der Waals surface area contributed by atoms with Crippen LogP contribution in [0.25, 0.3) is 0 Å². The Hall–Kier alpha value is -2.00. The summed E-state index contributed by atoms with van der Waals surface area (Å²) in [5, 5.41) is 3.17. The van der Waals surface area contributed by atoms with Crippen molar-refractivity contribution >= 4 is 11.6 Å². The third-order valence-corrected chi connectivity index (χ3v) is 4.95. The maximum absolute atomic E-state index is 12.5. The fraction of sp³-hybridized carbons (Fsp3) is 0.455. The Morgan fingerprint density at radius 2 is 1.88 bits per heavy atom. The summed E-state index contributed by atoms with van der Waals surface area (Å²) >= 11 is 0. The summed E-state index contributed by atoms with van der Waals surface area (Å²) in [5.74, 6) is 0.743. The van der Waals surface area contributed by atoms with E-state index < -0.39 is 0 Å². The minimum absolute atomic E-state index is 0.105. The predicted octanol–water partition coefficient (Wildman–Crippen LogP) is 4.60. The molecule has 2 rings (SSSR count). The molecule has 0 fully saturated rings. The second kappa shape index (κ2) is 8.91. The summed E-state index contributed by atoms with van der Waals surface area (Å²) in [6.45, 7) is 7.12. The quantitative estimate of drug-likeness (QED) is 0.704. The predicted molar refractivity (Wildman–Crippen MR) is 103 cm³/mol. The first-order chi connectivity index (χ1) is 11.9. The smallest absolute Gasteiger partial charge is 0.163 e. The van der Waals surface area contributed by atoms with Gasteiger partial charge in [-0.25, -0.2) is 0 Å². The molecule has 0 bridgehead atoms. The fourth-order valence-corrected chi connectivity index (χ4v) is 3.33. The highest BCUT2D eigenvalue weighted by molar-refractivity contribution is 6.01. The van der Waals surface area contributed by atoms with E-state index in [2.05, 4.69) is 30.4 Å². The highest BCUT2D eigenvalue weighted by Gasteiger charge is 2.18. The van der Waals surface area contributed by atoms with Crippen LogP contribution >= 0.6 is 0 Å². The third-order valence-electron chi connectivity index (χ3n) is 4.95.